The lowest BCUT2D eigenvalue weighted by Gasteiger charge is -2.12. The fourth-order valence-corrected chi connectivity index (χ4v) is 3.44. The quantitative estimate of drug-likeness (QED) is 0.637. The first kappa shape index (κ1) is 19.5. The van der Waals surface area contributed by atoms with Gasteiger partial charge < -0.3 is 9.30 Å². The van der Waals surface area contributed by atoms with Gasteiger partial charge in [-0.2, -0.15) is 5.10 Å². The number of Topliss-reactive ketones (excluding diaryl/α,β-unsaturated/α-hetero) is 1. The van der Waals surface area contributed by atoms with Crippen molar-refractivity contribution in [2.45, 2.75) is 40.5 Å². The minimum Gasteiger partial charge on any atom is -0.453 e. The molecule has 0 radical (unpaired) electrons. The molecule has 0 unspecified atom stereocenters. The van der Waals surface area contributed by atoms with Crippen LogP contribution >= 0.6 is 0 Å². The van der Waals surface area contributed by atoms with Gasteiger partial charge in [-0.15, -0.1) is 0 Å². The fourth-order valence-electron chi connectivity index (χ4n) is 3.44. The van der Waals surface area contributed by atoms with Crippen molar-refractivity contribution in [3.05, 3.63) is 52.3 Å². The van der Waals surface area contributed by atoms with Crippen molar-refractivity contribution in [3.63, 3.8) is 0 Å². The molecular formula is C21H23N3O4. The predicted molar refractivity (Wildman–Crippen MR) is 105 cm³/mol. The van der Waals surface area contributed by atoms with Crippen LogP contribution in [0.3, 0.4) is 0 Å². The highest BCUT2D eigenvalue weighted by Crippen LogP contribution is 2.23. The molecule has 1 N–H and O–H groups in total. The number of nitrogens with one attached hydrogen (secondary N) is 1. The summed E-state index contributed by atoms with van der Waals surface area (Å²) in [5.74, 6) is -1.21. The molecule has 7 nitrogen and oxygen atoms in total. The van der Waals surface area contributed by atoms with E-state index in [-0.39, 0.29) is 36.9 Å². The molecule has 0 saturated heterocycles. The van der Waals surface area contributed by atoms with Gasteiger partial charge in [-0.05, 0) is 57.0 Å². The minimum absolute atomic E-state index is 0.119. The Morgan fingerprint density at radius 3 is 2.36 bits per heavy atom. The normalized spacial score (nSPS) is 13.7. The van der Waals surface area contributed by atoms with Gasteiger partial charge in [-0.25, -0.2) is 10.2 Å². The fraction of sp³-hybridized carbons (Fsp3) is 0.333. The first-order chi connectivity index (χ1) is 13.3. The molecule has 28 heavy (non-hydrogen) atoms. The van der Waals surface area contributed by atoms with Gasteiger partial charge in [0.15, 0.2) is 6.61 Å². The second-order valence-electron chi connectivity index (χ2n) is 7.06. The number of esters is 1. The van der Waals surface area contributed by atoms with E-state index < -0.39 is 5.97 Å². The van der Waals surface area contributed by atoms with Crippen molar-refractivity contribution >= 4 is 23.4 Å². The van der Waals surface area contributed by atoms with E-state index in [0.29, 0.717) is 5.56 Å². The maximum Gasteiger partial charge on any atom is 0.354 e. The topological polar surface area (TPSA) is 89.8 Å². The highest BCUT2D eigenvalue weighted by Gasteiger charge is 2.22. The maximum atomic E-state index is 12.6. The zero-order valence-corrected chi connectivity index (χ0v) is 16.5. The van der Waals surface area contributed by atoms with Gasteiger partial charge in [0.1, 0.15) is 5.71 Å². The van der Waals surface area contributed by atoms with Crippen LogP contribution in [-0.2, 0) is 14.3 Å². The molecule has 0 atom stereocenters. The van der Waals surface area contributed by atoms with Crippen molar-refractivity contribution in [1.82, 2.24) is 9.99 Å². The number of carbonyl (C=O) groups excluding carboxylic acids is 3. The predicted octanol–water partition coefficient (Wildman–Crippen LogP) is 2.70. The standard InChI is InChI=1S/C21H23N3O4/c1-12-7-13(2)9-16(8-12)24-14(3)10-17(15(24)4)19(25)11-28-21(27)18-5-6-20(26)23-22-18/h7-10H,5-6,11H2,1-4H3,(H,23,26). The SMILES string of the molecule is Cc1cc(C)cc(-n2c(C)cc(C(=O)COC(=O)C3=NNC(=O)CC3)c2C)c1. The lowest BCUT2D eigenvalue weighted by Crippen LogP contribution is -2.31. The molecule has 1 aromatic heterocycles. The number of aryl methyl sites for hydroxylation is 3. The monoisotopic (exact) mass is 381 g/mol. The number of ether oxygens (including phenoxy) is 1. The largest absolute Gasteiger partial charge is 0.453 e. The summed E-state index contributed by atoms with van der Waals surface area (Å²) in [6.45, 7) is 7.51. The third-order valence-corrected chi connectivity index (χ3v) is 4.67. The van der Waals surface area contributed by atoms with Gasteiger partial charge in [-0.3, -0.25) is 9.59 Å². The highest BCUT2D eigenvalue weighted by atomic mass is 16.5. The van der Waals surface area contributed by atoms with Gasteiger partial charge >= 0.3 is 5.97 Å². The van der Waals surface area contributed by atoms with E-state index in [2.05, 4.69) is 28.7 Å². The summed E-state index contributed by atoms with van der Waals surface area (Å²) in [6, 6.07) is 8.04. The number of nitrogens with zero attached hydrogens (tertiary/aromatic N) is 2. The second kappa shape index (κ2) is 7.80. The van der Waals surface area contributed by atoms with Gasteiger partial charge in [0.2, 0.25) is 11.7 Å². The van der Waals surface area contributed by atoms with Gasteiger partial charge in [0, 0.05) is 35.5 Å². The van der Waals surface area contributed by atoms with E-state index in [9.17, 15) is 14.4 Å². The lowest BCUT2D eigenvalue weighted by molar-refractivity contribution is -0.134. The first-order valence-electron chi connectivity index (χ1n) is 9.09. The summed E-state index contributed by atoms with van der Waals surface area (Å²) in [6.07, 6.45) is 0.388. The smallest absolute Gasteiger partial charge is 0.354 e. The van der Waals surface area contributed by atoms with Crippen LogP contribution in [-0.4, -0.2) is 34.5 Å². The molecule has 1 aliphatic rings. The van der Waals surface area contributed by atoms with E-state index in [4.69, 9.17) is 4.74 Å². The van der Waals surface area contributed by atoms with E-state index in [0.717, 1.165) is 28.2 Å². The van der Waals surface area contributed by atoms with Crippen LogP contribution in [0.5, 0.6) is 0 Å². The molecule has 0 fully saturated rings. The molecule has 1 aromatic carbocycles. The summed E-state index contributed by atoms with van der Waals surface area (Å²) in [5, 5.41) is 3.68. The number of carbonyl (C=O) groups is 3. The molecule has 7 heteroatoms. The van der Waals surface area contributed by atoms with Crippen LogP contribution in [0.2, 0.25) is 0 Å². The molecular weight excluding hydrogens is 358 g/mol. The Kier molecular flexibility index (Phi) is 5.44. The molecule has 0 saturated carbocycles. The van der Waals surface area contributed by atoms with Crippen LogP contribution in [0.4, 0.5) is 0 Å². The van der Waals surface area contributed by atoms with Crippen LogP contribution in [0.25, 0.3) is 5.69 Å². The summed E-state index contributed by atoms with van der Waals surface area (Å²) < 4.78 is 7.12. The molecule has 1 amide bonds. The number of hydrogen-bond acceptors (Lipinski definition) is 5. The molecule has 0 spiro atoms. The van der Waals surface area contributed by atoms with Crippen LogP contribution in [0.15, 0.2) is 29.4 Å². The minimum atomic E-state index is -0.684. The summed E-state index contributed by atoms with van der Waals surface area (Å²) >= 11 is 0. The Morgan fingerprint density at radius 1 is 1.07 bits per heavy atom. The average Bonchev–Trinajstić information content (AvgIpc) is 2.93. The number of hydrogen-bond donors (Lipinski definition) is 1. The Hall–Kier alpha value is -3.22. The maximum absolute atomic E-state index is 12.6. The first-order valence-corrected chi connectivity index (χ1v) is 9.09. The number of hydrazone groups is 1. The summed E-state index contributed by atoms with van der Waals surface area (Å²) in [7, 11) is 0. The van der Waals surface area contributed by atoms with E-state index >= 15 is 0 Å². The Balaban J connectivity index is 1.76. The third-order valence-electron chi connectivity index (χ3n) is 4.67. The summed E-state index contributed by atoms with van der Waals surface area (Å²) in [5.41, 5.74) is 7.88. The van der Waals surface area contributed by atoms with Crippen molar-refractivity contribution in [2.24, 2.45) is 5.10 Å². The second-order valence-corrected chi connectivity index (χ2v) is 7.06. The number of aromatic nitrogens is 1. The Labute approximate surface area is 163 Å². The average molecular weight is 381 g/mol. The van der Waals surface area contributed by atoms with Crippen LogP contribution < -0.4 is 5.43 Å². The number of rotatable bonds is 5. The Morgan fingerprint density at radius 2 is 1.75 bits per heavy atom. The van der Waals surface area contributed by atoms with Crippen molar-refractivity contribution < 1.29 is 19.1 Å². The summed E-state index contributed by atoms with van der Waals surface area (Å²) in [4.78, 5) is 35.8. The van der Waals surface area contributed by atoms with Crippen LogP contribution in [0.1, 0.15) is 45.7 Å². The van der Waals surface area contributed by atoms with Crippen LogP contribution in [0, 0.1) is 27.7 Å². The van der Waals surface area contributed by atoms with E-state index in [1.807, 2.05) is 38.3 Å². The molecule has 146 valence electrons. The zero-order chi connectivity index (χ0) is 20.4. The molecule has 0 bridgehead atoms. The lowest BCUT2D eigenvalue weighted by atomic mass is 10.1. The van der Waals surface area contributed by atoms with E-state index in [1.54, 1.807) is 0 Å². The molecule has 1 aliphatic heterocycles. The van der Waals surface area contributed by atoms with Crippen molar-refractivity contribution in [3.8, 4) is 5.69 Å². The Bertz CT molecular complexity index is 981. The number of amides is 1. The molecule has 2 heterocycles. The van der Waals surface area contributed by atoms with Gasteiger partial charge in [0.25, 0.3) is 0 Å². The van der Waals surface area contributed by atoms with Crippen molar-refractivity contribution in [2.75, 3.05) is 6.61 Å². The van der Waals surface area contributed by atoms with Crippen molar-refractivity contribution in [1.29, 1.82) is 0 Å². The molecule has 3 rings (SSSR count). The number of benzene rings is 1. The molecule has 2 aromatic rings. The third kappa shape index (κ3) is 4.03. The number of ketones is 1. The van der Waals surface area contributed by atoms with Gasteiger partial charge in [-0.1, -0.05) is 6.07 Å². The highest BCUT2D eigenvalue weighted by molar-refractivity contribution is 6.37. The van der Waals surface area contributed by atoms with Gasteiger partial charge in [0.05, 0.1) is 0 Å². The zero-order valence-electron chi connectivity index (χ0n) is 16.5. The van der Waals surface area contributed by atoms with E-state index in [1.165, 1.54) is 0 Å². The molecule has 0 aliphatic carbocycles.